The van der Waals surface area contributed by atoms with E-state index in [-0.39, 0.29) is 0 Å². The summed E-state index contributed by atoms with van der Waals surface area (Å²) < 4.78 is 0. The van der Waals surface area contributed by atoms with Crippen LogP contribution in [-0.4, -0.2) is 29.8 Å². The van der Waals surface area contributed by atoms with Crippen molar-refractivity contribution in [2.75, 3.05) is 18.4 Å². The molecule has 1 saturated heterocycles. The van der Waals surface area contributed by atoms with Gasteiger partial charge in [0.1, 0.15) is 0 Å². The van der Waals surface area contributed by atoms with Crippen LogP contribution in [0.3, 0.4) is 0 Å². The van der Waals surface area contributed by atoms with Crippen LogP contribution >= 0.6 is 0 Å². The molecule has 4 heteroatoms. The van der Waals surface area contributed by atoms with E-state index in [1.54, 1.807) is 17.0 Å². The zero-order valence-corrected chi connectivity index (χ0v) is 9.90. The number of likely N-dealkylation sites (tertiary alicyclic amines) is 1. The van der Waals surface area contributed by atoms with Crippen LogP contribution in [0.2, 0.25) is 0 Å². The van der Waals surface area contributed by atoms with Gasteiger partial charge in [-0.3, -0.25) is 9.59 Å². The zero-order valence-electron chi connectivity index (χ0n) is 9.90. The maximum absolute atomic E-state index is 11.7. The van der Waals surface area contributed by atoms with Crippen molar-refractivity contribution in [2.24, 2.45) is 0 Å². The van der Waals surface area contributed by atoms with E-state index in [1.807, 2.05) is 19.1 Å². The fraction of sp³-hybridized carbons (Fsp3) is 0.385. The third-order valence-electron chi connectivity index (χ3n) is 2.90. The number of hydrogen-bond donors (Lipinski definition) is 1. The summed E-state index contributed by atoms with van der Waals surface area (Å²) in [7, 11) is 0. The molecule has 1 aromatic carbocycles. The van der Waals surface area contributed by atoms with Gasteiger partial charge < -0.3 is 10.2 Å². The molecule has 0 unspecified atom stereocenters. The normalized spacial score (nSPS) is 14.8. The highest BCUT2D eigenvalue weighted by Gasteiger charge is 2.24. The summed E-state index contributed by atoms with van der Waals surface area (Å²) in [6.07, 6.45) is 1.98. The van der Waals surface area contributed by atoms with Crippen molar-refractivity contribution in [3.8, 4) is 0 Å². The lowest BCUT2D eigenvalue weighted by Crippen LogP contribution is -2.37. The maximum atomic E-state index is 11.7. The Labute approximate surface area is 101 Å². The third kappa shape index (κ3) is 2.84. The van der Waals surface area contributed by atoms with Crippen LogP contribution in [0.4, 0.5) is 5.69 Å². The standard InChI is InChI=1S/C13H16N2O2/c1-10-4-6-11(7-5-10)14-12(16)13(17)15-8-2-3-9-15/h4-7H,2-3,8-9H2,1H3,(H,14,16). The third-order valence-corrected chi connectivity index (χ3v) is 2.90. The molecule has 1 heterocycles. The minimum atomic E-state index is -0.546. The summed E-state index contributed by atoms with van der Waals surface area (Å²) in [4.78, 5) is 25.0. The molecule has 1 N–H and O–H groups in total. The molecule has 1 aromatic rings. The first kappa shape index (κ1) is 11.6. The fourth-order valence-electron chi connectivity index (χ4n) is 1.89. The molecule has 0 aliphatic carbocycles. The van der Waals surface area contributed by atoms with Gasteiger partial charge in [0.25, 0.3) is 0 Å². The lowest BCUT2D eigenvalue weighted by Gasteiger charge is -2.14. The largest absolute Gasteiger partial charge is 0.334 e. The van der Waals surface area contributed by atoms with E-state index in [2.05, 4.69) is 5.32 Å². The molecular weight excluding hydrogens is 216 g/mol. The molecule has 0 atom stereocenters. The number of rotatable bonds is 1. The average molecular weight is 232 g/mol. The van der Waals surface area contributed by atoms with Gasteiger partial charge in [0.2, 0.25) is 0 Å². The number of carbonyl (C=O) groups excluding carboxylic acids is 2. The van der Waals surface area contributed by atoms with Gasteiger partial charge in [-0.1, -0.05) is 17.7 Å². The Morgan fingerprint density at radius 1 is 1.12 bits per heavy atom. The molecule has 1 aliphatic heterocycles. The van der Waals surface area contributed by atoms with Crippen LogP contribution in [-0.2, 0) is 9.59 Å². The van der Waals surface area contributed by atoms with E-state index in [0.717, 1.165) is 18.4 Å². The topological polar surface area (TPSA) is 49.4 Å². The van der Waals surface area contributed by atoms with E-state index < -0.39 is 11.8 Å². The number of hydrogen-bond acceptors (Lipinski definition) is 2. The van der Waals surface area contributed by atoms with Gasteiger partial charge in [-0.25, -0.2) is 0 Å². The first-order valence-electron chi connectivity index (χ1n) is 5.84. The minimum absolute atomic E-state index is 0.428. The molecule has 17 heavy (non-hydrogen) atoms. The summed E-state index contributed by atoms with van der Waals surface area (Å²) in [6.45, 7) is 3.36. The predicted molar refractivity (Wildman–Crippen MR) is 65.6 cm³/mol. The highest BCUT2D eigenvalue weighted by Crippen LogP contribution is 2.11. The maximum Gasteiger partial charge on any atom is 0.313 e. The highest BCUT2D eigenvalue weighted by molar-refractivity contribution is 6.39. The van der Waals surface area contributed by atoms with Crippen molar-refractivity contribution < 1.29 is 9.59 Å². The summed E-state index contributed by atoms with van der Waals surface area (Å²) in [5, 5.41) is 2.62. The lowest BCUT2D eigenvalue weighted by molar-refractivity contribution is -0.142. The van der Waals surface area contributed by atoms with Crippen molar-refractivity contribution in [1.29, 1.82) is 0 Å². The van der Waals surface area contributed by atoms with Gasteiger partial charge >= 0.3 is 11.8 Å². The first-order valence-corrected chi connectivity index (χ1v) is 5.84. The van der Waals surface area contributed by atoms with Gasteiger partial charge in [0.15, 0.2) is 0 Å². The quantitative estimate of drug-likeness (QED) is 0.747. The number of nitrogens with zero attached hydrogens (tertiary/aromatic N) is 1. The number of benzene rings is 1. The van der Waals surface area contributed by atoms with Crippen LogP contribution < -0.4 is 5.32 Å². The summed E-state index contributed by atoms with van der Waals surface area (Å²) in [6, 6.07) is 7.39. The molecule has 0 radical (unpaired) electrons. The second kappa shape index (κ2) is 4.99. The Morgan fingerprint density at radius 3 is 2.29 bits per heavy atom. The molecule has 1 fully saturated rings. The van der Waals surface area contributed by atoms with Gasteiger partial charge in [-0.05, 0) is 31.9 Å². The van der Waals surface area contributed by atoms with E-state index in [9.17, 15) is 9.59 Å². The molecule has 2 amide bonds. The Morgan fingerprint density at radius 2 is 1.71 bits per heavy atom. The number of anilines is 1. The van der Waals surface area contributed by atoms with Crippen LogP contribution in [0, 0.1) is 6.92 Å². The van der Waals surface area contributed by atoms with Crippen molar-refractivity contribution in [1.82, 2.24) is 4.90 Å². The van der Waals surface area contributed by atoms with Gasteiger partial charge in [0.05, 0.1) is 0 Å². The Kier molecular flexibility index (Phi) is 3.42. The fourth-order valence-corrected chi connectivity index (χ4v) is 1.89. The highest BCUT2D eigenvalue weighted by atomic mass is 16.2. The molecule has 90 valence electrons. The van der Waals surface area contributed by atoms with Crippen molar-refractivity contribution in [3.05, 3.63) is 29.8 Å². The molecule has 0 aromatic heterocycles. The van der Waals surface area contributed by atoms with E-state index in [4.69, 9.17) is 0 Å². The molecule has 2 rings (SSSR count). The smallest absolute Gasteiger partial charge is 0.313 e. The SMILES string of the molecule is Cc1ccc(NC(=O)C(=O)N2CCCC2)cc1. The monoisotopic (exact) mass is 232 g/mol. The van der Waals surface area contributed by atoms with Crippen LogP contribution in [0.15, 0.2) is 24.3 Å². The van der Waals surface area contributed by atoms with Crippen LogP contribution in [0.1, 0.15) is 18.4 Å². The lowest BCUT2D eigenvalue weighted by atomic mass is 10.2. The molecule has 0 saturated carbocycles. The Hall–Kier alpha value is -1.84. The number of carbonyl (C=O) groups is 2. The van der Waals surface area contributed by atoms with Crippen LogP contribution in [0.5, 0.6) is 0 Å². The van der Waals surface area contributed by atoms with Crippen molar-refractivity contribution in [2.45, 2.75) is 19.8 Å². The average Bonchev–Trinajstić information content (AvgIpc) is 2.84. The van der Waals surface area contributed by atoms with E-state index in [0.29, 0.717) is 18.8 Å². The number of aryl methyl sites for hydroxylation is 1. The predicted octanol–water partition coefficient (Wildman–Crippen LogP) is 1.56. The second-order valence-corrected chi connectivity index (χ2v) is 4.32. The summed E-state index contributed by atoms with van der Waals surface area (Å²) in [5.41, 5.74) is 1.78. The van der Waals surface area contributed by atoms with E-state index >= 15 is 0 Å². The summed E-state index contributed by atoms with van der Waals surface area (Å²) >= 11 is 0. The molecular formula is C13H16N2O2. The first-order chi connectivity index (χ1) is 8.16. The van der Waals surface area contributed by atoms with Crippen molar-refractivity contribution in [3.63, 3.8) is 0 Å². The number of nitrogens with one attached hydrogen (secondary N) is 1. The molecule has 0 bridgehead atoms. The van der Waals surface area contributed by atoms with Crippen molar-refractivity contribution >= 4 is 17.5 Å². The number of amides is 2. The van der Waals surface area contributed by atoms with Gasteiger partial charge in [-0.2, -0.15) is 0 Å². The molecule has 4 nitrogen and oxygen atoms in total. The second-order valence-electron chi connectivity index (χ2n) is 4.32. The van der Waals surface area contributed by atoms with Gasteiger partial charge in [0, 0.05) is 18.8 Å². The van der Waals surface area contributed by atoms with Gasteiger partial charge in [-0.15, -0.1) is 0 Å². The Bertz CT molecular complexity index is 420. The molecule has 1 aliphatic rings. The zero-order chi connectivity index (χ0) is 12.3. The Balaban J connectivity index is 1.96. The minimum Gasteiger partial charge on any atom is -0.334 e. The van der Waals surface area contributed by atoms with Crippen LogP contribution in [0.25, 0.3) is 0 Å². The van der Waals surface area contributed by atoms with E-state index in [1.165, 1.54) is 0 Å². The molecule has 0 spiro atoms. The summed E-state index contributed by atoms with van der Waals surface area (Å²) in [5.74, 6) is -0.973.